The van der Waals surface area contributed by atoms with Crippen molar-refractivity contribution in [1.82, 2.24) is 10.6 Å². The summed E-state index contributed by atoms with van der Waals surface area (Å²) in [5, 5.41) is 6.49. The smallest absolute Gasteiger partial charge is 0.191 e. The zero-order chi connectivity index (χ0) is 17.3. The molecule has 2 N–H and O–H groups in total. The van der Waals surface area contributed by atoms with Gasteiger partial charge in [0.1, 0.15) is 0 Å². The van der Waals surface area contributed by atoms with Crippen LogP contribution in [0.4, 0.5) is 0 Å². The zero-order valence-electron chi connectivity index (χ0n) is 15.3. The summed E-state index contributed by atoms with van der Waals surface area (Å²) in [5.41, 5.74) is 0. The van der Waals surface area contributed by atoms with Gasteiger partial charge in [-0.3, -0.25) is 4.99 Å². The van der Waals surface area contributed by atoms with Crippen molar-refractivity contribution in [2.45, 2.75) is 58.0 Å². The summed E-state index contributed by atoms with van der Waals surface area (Å²) in [4.78, 5) is 4.53. The van der Waals surface area contributed by atoms with E-state index < -0.39 is 9.84 Å². The summed E-state index contributed by atoms with van der Waals surface area (Å²) in [6.07, 6.45) is 8.76. The molecule has 2 aliphatic rings. The second kappa shape index (κ2) is 12.3. The molecule has 0 amide bonds. The Kier molecular flexibility index (Phi) is 11.3. The van der Waals surface area contributed by atoms with Gasteiger partial charge < -0.3 is 15.4 Å². The van der Waals surface area contributed by atoms with Crippen LogP contribution in [0.2, 0.25) is 0 Å². The SMILES string of the molecule is CCNC(=NCC1CCS(=O)(=O)C1)NCCOC1CCCCCC1.I. The summed E-state index contributed by atoms with van der Waals surface area (Å²) >= 11 is 0. The maximum Gasteiger partial charge on any atom is 0.191 e. The van der Waals surface area contributed by atoms with Crippen LogP contribution in [0.3, 0.4) is 0 Å². The molecule has 25 heavy (non-hydrogen) atoms. The third-order valence-corrected chi connectivity index (χ3v) is 6.57. The van der Waals surface area contributed by atoms with Crippen molar-refractivity contribution in [2.75, 3.05) is 37.7 Å². The van der Waals surface area contributed by atoms with Gasteiger partial charge in [0, 0.05) is 19.6 Å². The van der Waals surface area contributed by atoms with Crippen LogP contribution in [-0.2, 0) is 14.6 Å². The van der Waals surface area contributed by atoms with Gasteiger partial charge in [-0.1, -0.05) is 25.7 Å². The number of rotatable bonds is 7. The third-order valence-electron chi connectivity index (χ3n) is 4.73. The molecule has 1 aliphatic carbocycles. The second-order valence-electron chi connectivity index (χ2n) is 6.90. The molecular weight excluding hydrogens is 453 g/mol. The van der Waals surface area contributed by atoms with Crippen LogP contribution in [0.1, 0.15) is 51.9 Å². The van der Waals surface area contributed by atoms with Crippen LogP contribution in [0.5, 0.6) is 0 Å². The summed E-state index contributed by atoms with van der Waals surface area (Å²) in [6.45, 7) is 4.80. The van der Waals surface area contributed by atoms with E-state index >= 15 is 0 Å². The predicted molar refractivity (Wildman–Crippen MR) is 114 cm³/mol. The summed E-state index contributed by atoms with van der Waals surface area (Å²) in [5.74, 6) is 1.51. The highest BCUT2D eigenvalue weighted by Gasteiger charge is 2.27. The standard InChI is InChI=1S/C17H33N3O3S.HI/c1-2-18-17(20-13-15-9-12-24(21,22)14-15)19-10-11-23-16-7-5-3-4-6-8-16;/h15-16H,2-14H2,1H3,(H2,18,19,20);1H. The van der Waals surface area contributed by atoms with E-state index in [0.717, 1.165) is 25.5 Å². The highest BCUT2D eigenvalue weighted by Crippen LogP contribution is 2.19. The molecule has 1 saturated carbocycles. The topological polar surface area (TPSA) is 79.8 Å². The van der Waals surface area contributed by atoms with Crippen molar-refractivity contribution in [3.63, 3.8) is 0 Å². The van der Waals surface area contributed by atoms with E-state index in [1.165, 1.54) is 38.5 Å². The highest BCUT2D eigenvalue weighted by atomic mass is 127. The first kappa shape index (κ1) is 23.0. The number of sulfone groups is 1. The highest BCUT2D eigenvalue weighted by molar-refractivity contribution is 14.0. The molecule has 1 aliphatic heterocycles. The number of guanidine groups is 1. The first-order valence-electron chi connectivity index (χ1n) is 9.43. The molecule has 1 atom stereocenters. The molecule has 1 unspecified atom stereocenters. The van der Waals surface area contributed by atoms with Gasteiger partial charge in [0.2, 0.25) is 0 Å². The fourth-order valence-corrected chi connectivity index (χ4v) is 5.23. The van der Waals surface area contributed by atoms with Crippen molar-refractivity contribution in [1.29, 1.82) is 0 Å². The zero-order valence-corrected chi connectivity index (χ0v) is 18.5. The molecule has 1 saturated heterocycles. The van der Waals surface area contributed by atoms with E-state index in [-0.39, 0.29) is 35.6 Å². The molecule has 6 nitrogen and oxygen atoms in total. The number of ether oxygens (including phenoxy) is 1. The first-order chi connectivity index (χ1) is 11.6. The monoisotopic (exact) mass is 487 g/mol. The van der Waals surface area contributed by atoms with Gasteiger partial charge >= 0.3 is 0 Å². The normalized spacial score (nSPS) is 24.4. The van der Waals surface area contributed by atoms with E-state index in [2.05, 4.69) is 15.6 Å². The van der Waals surface area contributed by atoms with Crippen molar-refractivity contribution >= 4 is 39.8 Å². The average molecular weight is 487 g/mol. The molecule has 0 bridgehead atoms. The maximum atomic E-state index is 11.5. The summed E-state index contributed by atoms with van der Waals surface area (Å²) in [7, 11) is -2.82. The fourth-order valence-electron chi connectivity index (χ4n) is 3.38. The van der Waals surface area contributed by atoms with E-state index in [1.807, 2.05) is 6.92 Å². The molecule has 2 rings (SSSR count). The van der Waals surface area contributed by atoms with E-state index in [4.69, 9.17) is 4.74 Å². The van der Waals surface area contributed by atoms with Crippen molar-refractivity contribution in [3.05, 3.63) is 0 Å². The van der Waals surface area contributed by atoms with Crippen LogP contribution in [0, 0.1) is 5.92 Å². The first-order valence-corrected chi connectivity index (χ1v) is 11.3. The molecule has 0 radical (unpaired) electrons. The van der Waals surface area contributed by atoms with E-state index in [0.29, 0.717) is 25.0 Å². The Hall–Kier alpha value is -0.0900. The van der Waals surface area contributed by atoms with Crippen LogP contribution in [-0.4, -0.2) is 58.2 Å². The molecule has 0 spiro atoms. The number of hydrogen-bond acceptors (Lipinski definition) is 4. The van der Waals surface area contributed by atoms with Gasteiger partial charge in [0.15, 0.2) is 15.8 Å². The lowest BCUT2D eigenvalue weighted by atomic mass is 10.1. The lowest BCUT2D eigenvalue weighted by Gasteiger charge is -2.17. The van der Waals surface area contributed by atoms with E-state index in [9.17, 15) is 8.42 Å². The van der Waals surface area contributed by atoms with Gasteiger partial charge in [0.25, 0.3) is 0 Å². The van der Waals surface area contributed by atoms with Crippen molar-refractivity contribution in [3.8, 4) is 0 Å². The number of aliphatic imine (C=N–C) groups is 1. The fraction of sp³-hybridized carbons (Fsp3) is 0.941. The molecule has 8 heteroatoms. The minimum atomic E-state index is -2.82. The summed E-state index contributed by atoms with van der Waals surface area (Å²) < 4.78 is 29.0. The largest absolute Gasteiger partial charge is 0.376 e. The van der Waals surface area contributed by atoms with Gasteiger partial charge in [-0.25, -0.2) is 8.42 Å². The van der Waals surface area contributed by atoms with Crippen LogP contribution in [0.15, 0.2) is 4.99 Å². The molecule has 0 aromatic rings. The second-order valence-corrected chi connectivity index (χ2v) is 9.13. The maximum absolute atomic E-state index is 11.5. The Bertz CT molecular complexity index is 491. The van der Waals surface area contributed by atoms with Crippen molar-refractivity contribution < 1.29 is 13.2 Å². The van der Waals surface area contributed by atoms with Gasteiger partial charge in [-0.05, 0) is 32.1 Å². The molecule has 148 valence electrons. The Balaban J connectivity index is 0.00000312. The van der Waals surface area contributed by atoms with Gasteiger partial charge in [0.05, 0.1) is 24.2 Å². The Morgan fingerprint density at radius 1 is 1.12 bits per heavy atom. The molecular formula is C17H34IN3O3S. The summed E-state index contributed by atoms with van der Waals surface area (Å²) in [6, 6.07) is 0. The number of nitrogens with zero attached hydrogens (tertiary/aromatic N) is 1. The molecule has 2 fully saturated rings. The molecule has 0 aromatic heterocycles. The Morgan fingerprint density at radius 2 is 1.84 bits per heavy atom. The number of hydrogen-bond donors (Lipinski definition) is 2. The molecule has 0 aromatic carbocycles. The lowest BCUT2D eigenvalue weighted by molar-refractivity contribution is 0.0468. The quantitative estimate of drug-likeness (QED) is 0.190. The van der Waals surface area contributed by atoms with Gasteiger partial charge in [-0.15, -0.1) is 24.0 Å². The van der Waals surface area contributed by atoms with Crippen LogP contribution >= 0.6 is 24.0 Å². The predicted octanol–water partition coefficient (Wildman–Crippen LogP) is 2.33. The Morgan fingerprint density at radius 3 is 2.44 bits per heavy atom. The number of nitrogens with one attached hydrogen (secondary N) is 2. The minimum Gasteiger partial charge on any atom is -0.376 e. The Labute approximate surface area is 169 Å². The average Bonchev–Trinajstić information content (AvgIpc) is 2.75. The molecule has 1 heterocycles. The minimum absolute atomic E-state index is 0. The third kappa shape index (κ3) is 9.42. The van der Waals surface area contributed by atoms with Gasteiger partial charge in [-0.2, -0.15) is 0 Å². The van der Waals surface area contributed by atoms with Crippen LogP contribution < -0.4 is 10.6 Å². The van der Waals surface area contributed by atoms with E-state index in [1.54, 1.807) is 0 Å². The van der Waals surface area contributed by atoms with Crippen LogP contribution in [0.25, 0.3) is 0 Å². The van der Waals surface area contributed by atoms with Crippen molar-refractivity contribution in [2.24, 2.45) is 10.9 Å². The number of halogens is 1. The lowest BCUT2D eigenvalue weighted by Crippen LogP contribution is -2.39.